The fraction of sp³-hybridized carbons (Fsp3) is 0.238. The van der Waals surface area contributed by atoms with Crippen LogP contribution in [0.5, 0.6) is 0 Å². The predicted octanol–water partition coefficient (Wildman–Crippen LogP) is 4.71. The van der Waals surface area contributed by atoms with Crippen molar-refractivity contribution < 1.29 is 4.79 Å². The highest BCUT2D eigenvalue weighted by molar-refractivity contribution is 5.87. The third kappa shape index (κ3) is 2.90. The maximum Gasteiger partial charge on any atom is 0.141 e. The van der Waals surface area contributed by atoms with Gasteiger partial charge in [0.1, 0.15) is 5.78 Å². The number of rotatable bonds is 4. The summed E-state index contributed by atoms with van der Waals surface area (Å²) in [5, 5.41) is 4.79. The molecule has 0 saturated carbocycles. The van der Waals surface area contributed by atoms with Crippen LogP contribution in [0.15, 0.2) is 60.7 Å². The van der Waals surface area contributed by atoms with Gasteiger partial charge >= 0.3 is 0 Å². The molecule has 3 heteroatoms. The molecule has 0 aliphatic rings. The first-order valence-corrected chi connectivity index (χ1v) is 8.13. The fourth-order valence-corrected chi connectivity index (χ4v) is 2.64. The van der Waals surface area contributed by atoms with Crippen molar-refractivity contribution in [3.8, 4) is 16.9 Å². The van der Waals surface area contributed by atoms with E-state index in [4.69, 9.17) is 5.10 Å². The van der Waals surface area contributed by atoms with Crippen LogP contribution >= 0.6 is 0 Å². The SMILES string of the molecule is CC(=O)C(C)(C)c1cc(-c2ccc(C)cc2)nn1-c1ccccc1. The number of hydrogen-bond donors (Lipinski definition) is 0. The quantitative estimate of drug-likeness (QED) is 0.698. The number of para-hydroxylation sites is 1. The summed E-state index contributed by atoms with van der Waals surface area (Å²) >= 11 is 0. The zero-order valence-corrected chi connectivity index (χ0v) is 14.6. The maximum absolute atomic E-state index is 12.2. The van der Waals surface area contributed by atoms with Gasteiger partial charge in [-0.25, -0.2) is 4.68 Å². The summed E-state index contributed by atoms with van der Waals surface area (Å²) in [6.07, 6.45) is 0. The molecule has 0 N–H and O–H groups in total. The molecule has 3 rings (SSSR count). The molecule has 0 unspecified atom stereocenters. The molecule has 0 atom stereocenters. The summed E-state index contributed by atoms with van der Waals surface area (Å²) in [6.45, 7) is 7.60. The molecular formula is C21H22N2O. The lowest BCUT2D eigenvalue weighted by Crippen LogP contribution is -2.29. The second-order valence-corrected chi connectivity index (χ2v) is 6.71. The van der Waals surface area contributed by atoms with Crippen LogP contribution in [0, 0.1) is 6.92 Å². The zero-order valence-electron chi connectivity index (χ0n) is 14.6. The van der Waals surface area contributed by atoms with Crippen LogP contribution < -0.4 is 0 Å². The van der Waals surface area contributed by atoms with Gasteiger partial charge < -0.3 is 0 Å². The second-order valence-electron chi connectivity index (χ2n) is 6.71. The molecule has 0 aliphatic carbocycles. The number of carbonyl (C=O) groups excluding carboxylic acids is 1. The normalized spacial score (nSPS) is 11.5. The summed E-state index contributed by atoms with van der Waals surface area (Å²) < 4.78 is 1.89. The Balaban J connectivity index is 2.19. The average molecular weight is 318 g/mol. The molecule has 0 saturated heterocycles. The van der Waals surface area contributed by atoms with Gasteiger partial charge in [0, 0.05) is 5.56 Å². The van der Waals surface area contributed by atoms with Crippen molar-refractivity contribution in [2.75, 3.05) is 0 Å². The van der Waals surface area contributed by atoms with E-state index in [1.807, 2.05) is 54.9 Å². The van der Waals surface area contributed by atoms with Gasteiger partial charge in [-0.05, 0) is 45.9 Å². The highest BCUT2D eigenvalue weighted by atomic mass is 16.1. The molecular weight excluding hydrogens is 296 g/mol. The van der Waals surface area contributed by atoms with Crippen molar-refractivity contribution in [2.24, 2.45) is 0 Å². The van der Waals surface area contributed by atoms with E-state index in [1.165, 1.54) is 5.56 Å². The maximum atomic E-state index is 12.2. The van der Waals surface area contributed by atoms with Crippen LogP contribution in [0.4, 0.5) is 0 Å². The van der Waals surface area contributed by atoms with E-state index in [9.17, 15) is 4.79 Å². The van der Waals surface area contributed by atoms with Gasteiger partial charge in [0.25, 0.3) is 0 Å². The number of nitrogens with zero attached hydrogens (tertiary/aromatic N) is 2. The number of aromatic nitrogens is 2. The Morgan fingerprint density at radius 2 is 1.62 bits per heavy atom. The van der Waals surface area contributed by atoms with E-state index < -0.39 is 5.41 Å². The first-order valence-electron chi connectivity index (χ1n) is 8.13. The van der Waals surface area contributed by atoms with E-state index >= 15 is 0 Å². The molecule has 1 aromatic heterocycles. The first-order chi connectivity index (χ1) is 11.4. The zero-order chi connectivity index (χ0) is 17.3. The summed E-state index contributed by atoms with van der Waals surface area (Å²) in [7, 11) is 0. The second kappa shape index (κ2) is 6.08. The van der Waals surface area contributed by atoms with Crippen LogP contribution in [-0.2, 0) is 10.2 Å². The Labute approximate surface area is 143 Å². The molecule has 0 spiro atoms. The van der Waals surface area contributed by atoms with Crippen molar-refractivity contribution in [3.63, 3.8) is 0 Å². The molecule has 3 aromatic rings. The number of aryl methyl sites for hydroxylation is 1. The molecule has 1 heterocycles. The molecule has 0 aliphatic heterocycles. The lowest BCUT2D eigenvalue weighted by molar-refractivity contribution is -0.121. The van der Waals surface area contributed by atoms with Crippen molar-refractivity contribution in [2.45, 2.75) is 33.1 Å². The van der Waals surface area contributed by atoms with E-state index in [-0.39, 0.29) is 5.78 Å². The van der Waals surface area contributed by atoms with Gasteiger partial charge in [0.05, 0.1) is 22.5 Å². The number of benzene rings is 2. The highest BCUT2D eigenvalue weighted by Gasteiger charge is 2.31. The Morgan fingerprint density at radius 3 is 2.21 bits per heavy atom. The molecule has 2 aromatic carbocycles. The third-order valence-corrected chi connectivity index (χ3v) is 4.58. The van der Waals surface area contributed by atoms with E-state index in [1.54, 1.807) is 6.92 Å². The van der Waals surface area contributed by atoms with Crippen molar-refractivity contribution in [3.05, 3.63) is 71.9 Å². The molecule has 3 nitrogen and oxygen atoms in total. The molecule has 0 amide bonds. The van der Waals surface area contributed by atoms with Crippen molar-refractivity contribution in [1.29, 1.82) is 0 Å². The smallest absolute Gasteiger partial charge is 0.141 e. The number of carbonyl (C=O) groups is 1. The standard InChI is InChI=1S/C21H22N2O/c1-15-10-12-17(13-11-15)19-14-20(21(3,4)16(2)24)23(22-19)18-8-6-5-7-9-18/h5-14H,1-4H3. The third-order valence-electron chi connectivity index (χ3n) is 4.58. The monoisotopic (exact) mass is 318 g/mol. The molecule has 122 valence electrons. The Hall–Kier alpha value is -2.68. The van der Waals surface area contributed by atoms with Crippen LogP contribution in [0.2, 0.25) is 0 Å². The summed E-state index contributed by atoms with van der Waals surface area (Å²) in [5.74, 6) is 0.120. The predicted molar refractivity (Wildman–Crippen MR) is 97.4 cm³/mol. The lowest BCUT2D eigenvalue weighted by atomic mass is 9.84. The minimum atomic E-state index is -0.605. The molecule has 24 heavy (non-hydrogen) atoms. The Bertz CT molecular complexity index is 859. The van der Waals surface area contributed by atoms with Gasteiger partial charge in [0.15, 0.2) is 0 Å². The van der Waals surface area contributed by atoms with Crippen LogP contribution in [-0.4, -0.2) is 15.6 Å². The van der Waals surface area contributed by atoms with Gasteiger partial charge in [-0.2, -0.15) is 5.10 Å². The van der Waals surface area contributed by atoms with Crippen molar-refractivity contribution >= 4 is 5.78 Å². The van der Waals surface area contributed by atoms with Gasteiger partial charge in [0.2, 0.25) is 0 Å². The fourth-order valence-electron chi connectivity index (χ4n) is 2.64. The highest BCUT2D eigenvalue weighted by Crippen LogP contribution is 2.31. The largest absolute Gasteiger partial charge is 0.299 e. The van der Waals surface area contributed by atoms with Gasteiger partial charge in [-0.1, -0.05) is 48.0 Å². The molecule has 0 radical (unpaired) electrons. The molecule has 0 fully saturated rings. The van der Waals surface area contributed by atoms with E-state index in [0.717, 1.165) is 22.6 Å². The topological polar surface area (TPSA) is 34.9 Å². The van der Waals surface area contributed by atoms with E-state index in [0.29, 0.717) is 0 Å². The van der Waals surface area contributed by atoms with Crippen LogP contribution in [0.25, 0.3) is 16.9 Å². The number of ketones is 1. The Morgan fingerprint density at radius 1 is 1.00 bits per heavy atom. The van der Waals surface area contributed by atoms with Crippen LogP contribution in [0.1, 0.15) is 32.0 Å². The molecule has 0 bridgehead atoms. The van der Waals surface area contributed by atoms with E-state index in [2.05, 4.69) is 31.2 Å². The van der Waals surface area contributed by atoms with Gasteiger partial charge in [-0.3, -0.25) is 4.79 Å². The Kier molecular flexibility index (Phi) is 4.10. The van der Waals surface area contributed by atoms with Crippen molar-refractivity contribution in [1.82, 2.24) is 9.78 Å². The lowest BCUT2D eigenvalue weighted by Gasteiger charge is -2.22. The summed E-state index contributed by atoms with van der Waals surface area (Å²) in [6, 6.07) is 20.3. The summed E-state index contributed by atoms with van der Waals surface area (Å²) in [4.78, 5) is 12.2. The minimum absolute atomic E-state index is 0.120. The van der Waals surface area contributed by atoms with Gasteiger partial charge in [-0.15, -0.1) is 0 Å². The first kappa shape index (κ1) is 16.2. The summed E-state index contributed by atoms with van der Waals surface area (Å²) in [5.41, 5.74) is 4.40. The number of Topliss-reactive ketones (excluding diaryl/α,β-unsaturated/α-hetero) is 1. The average Bonchev–Trinajstić information content (AvgIpc) is 3.02. The van der Waals surface area contributed by atoms with Crippen LogP contribution in [0.3, 0.4) is 0 Å². The minimum Gasteiger partial charge on any atom is -0.299 e. The number of hydrogen-bond acceptors (Lipinski definition) is 2.